The Labute approximate surface area is 146 Å². The molecule has 25 heavy (non-hydrogen) atoms. The molecule has 0 aromatic rings. The molecule has 0 aromatic carbocycles. The van der Waals surface area contributed by atoms with E-state index in [4.69, 9.17) is 14.2 Å². The maximum Gasteiger partial charge on any atom is 0.375 e. The van der Waals surface area contributed by atoms with Crippen LogP contribution in [0.3, 0.4) is 0 Å². The van der Waals surface area contributed by atoms with Gasteiger partial charge in [-0.3, -0.25) is 14.4 Å². The first kappa shape index (κ1) is 19.5. The van der Waals surface area contributed by atoms with Crippen molar-refractivity contribution < 1.29 is 38.1 Å². The lowest BCUT2D eigenvalue weighted by Crippen LogP contribution is -2.56. The van der Waals surface area contributed by atoms with Gasteiger partial charge in [0.1, 0.15) is 6.10 Å². The van der Waals surface area contributed by atoms with E-state index in [2.05, 4.69) is 4.74 Å². The Morgan fingerprint density at radius 2 is 1.72 bits per heavy atom. The van der Waals surface area contributed by atoms with Gasteiger partial charge in [0.05, 0.1) is 14.2 Å². The van der Waals surface area contributed by atoms with Crippen LogP contribution in [0.25, 0.3) is 0 Å². The second-order valence-electron chi connectivity index (χ2n) is 6.33. The number of methoxy groups -OCH3 is 3. The van der Waals surface area contributed by atoms with Gasteiger partial charge in [-0.2, -0.15) is 0 Å². The summed E-state index contributed by atoms with van der Waals surface area (Å²) in [7, 11) is 3.53. The molecular weight excluding hydrogens is 332 g/mol. The molecule has 0 aromatic heterocycles. The van der Waals surface area contributed by atoms with Crippen LogP contribution in [0.4, 0.5) is 0 Å². The molecule has 140 valence electrons. The highest BCUT2D eigenvalue weighted by Crippen LogP contribution is 2.49. The zero-order chi connectivity index (χ0) is 18.6. The summed E-state index contributed by atoms with van der Waals surface area (Å²) >= 11 is 0. The Balaban J connectivity index is 2.64. The predicted molar refractivity (Wildman–Crippen MR) is 83.3 cm³/mol. The van der Waals surface area contributed by atoms with Crippen LogP contribution in [0.5, 0.6) is 0 Å². The molecular formula is C17H24O8. The molecule has 2 fully saturated rings. The minimum atomic E-state index is -2.07. The molecule has 2 rings (SSSR count). The summed E-state index contributed by atoms with van der Waals surface area (Å²) in [5, 5.41) is 0. The summed E-state index contributed by atoms with van der Waals surface area (Å²) < 4.78 is 20.3. The van der Waals surface area contributed by atoms with E-state index >= 15 is 0 Å². The molecule has 0 unspecified atom stereocenters. The van der Waals surface area contributed by atoms with Crippen LogP contribution in [0.1, 0.15) is 38.5 Å². The molecule has 2 aliphatic rings. The average Bonchev–Trinajstić information content (AvgIpc) is 2.95. The third-order valence-electron chi connectivity index (χ3n) is 5.08. The molecule has 2 bridgehead atoms. The van der Waals surface area contributed by atoms with Crippen molar-refractivity contribution in [3.8, 4) is 0 Å². The van der Waals surface area contributed by atoms with Crippen LogP contribution in [-0.4, -0.2) is 57.2 Å². The van der Waals surface area contributed by atoms with Crippen molar-refractivity contribution in [2.24, 2.45) is 11.3 Å². The first-order valence-electron chi connectivity index (χ1n) is 8.37. The van der Waals surface area contributed by atoms with Crippen LogP contribution < -0.4 is 0 Å². The van der Waals surface area contributed by atoms with Crippen molar-refractivity contribution in [2.45, 2.75) is 50.9 Å². The van der Waals surface area contributed by atoms with E-state index < -0.39 is 47.2 Å². The molecule has 0 amide bonds. The first-order chi connectivity index (χ1) is 11.9. The lowest BCUT2D eigenvalue weighted by Gasteiger charge is -2.33. The number of ether oxygens (including phenoxy) is 4. The van der Waals surface area contributed by atoms with Gasteiger partial charge < -0.3 is 18.9 Å². The smallest absolute Gasteiger partial charge is 0.375 e. The number of hydrogen-bond donors (Lipinski definition) is 0. The van der Waals surface area contributed by atoms with Crippen molar-refractivity contribution >= 4 is 23.5 Å². The Morgan fingerprint density at radius 1 is 1.04 bits per heavy atom. The van der Waals surface area contributed by atoms with Gasteiger partial charge >= 0.3 is 11.9 Å². The van der Waals surface area contributed by atoms with Gasteiger partial charge in [0, 0.05) is 19.4 Å². The van der Waals surface area contributed by atoms with Crippen LogP contribution >= 0.6 is 0 Å². The molecule has 1 aliphatic heterocycles. The minimum absolute atomic E-state index is 0.154. The molecule has 0 N–H and O–H groups in total. The quantitative estimate of drug-likeness (QED) is 0.414. The summed E-state index contributed by atoms with van der Waals surface area (Å²) in [6.45, 7) is 0. The third-order valence-corrected chi connectivity index (χ3v) is 5.08. The van der Waals surface area contributed by atoms with E-state index in [1.54, 1.807) is 0 Å². The highest BCUT2D eigenvalue weighted by molar-refractivity contribution is 6.41. The number of hydrogen-bond acceptors (Lipinski definition) is 8. The van der Waals surface area contributed by atoms with Crippen molar-refractivity contribution in [1.82, 2.24) is 0 Å². The normalized spacial score (nSPS) is 32.8. The number of carbonyl (C=O) groups is 4. The Hall–Kier alpha value is -1.80. The van der Waals surface area contributed by atoms with Gasteiger partial charge in [0.25, 0.3) is 5.78 Å². The molecule has 1 aliphatic carbocycles. The van der Waals surface area contributed by atoms with E-state index in [0.29, 0.717) is 19.3 Å². The summed E-state index contributed by atoms with van der Waals surface area (Å²) in [4.78, 5) is 50.4. The standard InChI is InChI=1S/C17H24O8/c1-22-14(20)12(19)17(16(21)24-3)10-8-6-4-5-7-9-11(18)13(17)25-15(10)23-2/h10,13,15H,4-9H2,1-3H3/t10-,13-,15+,17-/m1/s1. The minimum Gasteiger partial charge on any atom is -0.468 e. The van der Waals surface area contributed by atoms with Gasteiger partial charge in [0.2, 0.25) is 0 Å². The van der Waals surface area contributed by atoms with Gasteiger partial charge in [-0.25, -0.2) is 4.79 Å². The predicted octanol–water partition coefficient (Wildman–Crippen LogP) is 0.799. The van der Waals surface area contributed by atoms with E-state index in [1.807, 2.05) is 0 Å². The number of esters is 2. The Bertz CT molecular complexity index is 557. The van der Waals surface area contributed by atoms with Crippen LogP contribution in [0.2, 0.25) is 0 Å². The van der Waals surface area contributed by atoms with Crippen molar-refractivity contribution in [3.05, 3.63) is 0 Å². The monoisotopic (exact) mass is 356 g/mol. The number of carbonyl (C=O) groups excluding carboxylic acids is 4. The number of fused-ring (bicyclic) bond motifs is 2. The number of ketones is 2. The maximum absolute atomic E-state index is 12.9. The lowest BCUT2D eigenvalue weighted by atomic mass is 9.66. The summed E-state index contributed by atoms with van der Waals surface area (Å²) in [5.74, 6) is -4.50. The average molecular weight is 356 g/mol. The molecule has 8 nitrogen and oxygen atoms in total. The van der Waals surface area contributed by atoms with Crippen LogP contribution in [0, 0.1) is 11.3 Å². The van der Waals surface area contributed by atoms with Crippen molar-refractivity contribution in [3.63, 3.8) is 0 Å². The second-order valence-corrected chi connectivity index (χ2v) is 6.33. The fraction of sp³-hybridized carbons (Fsp3) is 0.765. The highest BCUT2D eigenvalue weighted by Gasteiger charge is 2.70. The summed E-state index contributed by atoms with van der Waals surface area (Å²) in [5.41, 5.74) is -2.07. The zero-order valence-electron chi connectivity index (χ0n) is 14.7. The lowest BCUT2D eigenvalue weighted by molar-refractivity contribution is -0.174. The summed E-state index contributed by atoms with van der Waals surface area (Å²) in [6, 6.07) is 0. The van der Waals surface area contributed by atoms with Gasteiger partial charge in [0.15, 0.2) is 17.5 Å². The van der Waals surface area contributed by atoms with Crippen molar-refractivity contribution in [2.75, 3.05) is 21.3 Å². The molecule has 8 heteroatoms. The van der Waals surface area contributed by atoms with Crippen molar-refractivity contribution in [1.29, 1.82) is 0 Å². The number of Topliss-reactive ketones (excluding diaryl/α,β-unsaturated/α-hetero) is 2. The SMILES string of the molecule is COC(=O)C(=O)[C@@]1(C(=O)OC)[C@@H]2O[C@H](OC)[C@H]1CCCCCCC2=O. The first-order valence-corrected chi connectivity index (χ1v) is 8.37. The molecule has 1 saturated heterocycles. The van der Waals surface area contributed by atoms with Gasteiger partial charge in [-0.05, 0) is 12.8 Å². The third kappa shape index (κ3) is 3.20. The Morgan fingerprint density at radius 3 is 2.32 bits per heavy atom. The van der Waals surface area contributed by atoms with E-state index in [1.165, 1.54) is 7.11 Å². The molecule has 1 heterocycles. The van der Waals surface area contributed by atoms with Crippen LogP contribution in [0.15, 0.2) is 0 Å². The van der Waals surface area contributed by atoms with Gasteiger partial charge in [-0.15, -0.1) is 0 Å². The number of rotatable bonds is 4. The van der Waals surface area contributed by atoms with E-state index in [9.17, 15) is 19.2 Å². The zero-order valence-corrected chi connectivity index (χ0v) is 14.7. The molecule has 0 radical (unpaired) electrons. The fourth-order valence-electron chi connectivity index (χ4n) is 3.88. The van der Waals surface area contributed by atoms with E-state index in [-0.39, 0.29) is 6.42 Å². The molecule has 4 atom stereocenters. The fourth-order valence-corrected chi connectivity index (χ4v) is 3.88. The topological polar surface area (TPSA) is 105 Å². The molecule has 0 spiro atoms. The second kappa shape index (κ2) is 8.05. The summed E-state index contributed by atoms with van der Waals surface area (Å²) in [6.07, 6.45) is 1.22. The maximum atomic E-state index is 12.9. The van der Waals surface area contributed by atoms with E-state index in [0.717, 1.165) is 27.1 Å². The van der Waals surface area contributed by atoms with Crippen LogP contribution in [-0.2, 0) is 38.1 Å². The Kier molecular flexibility index (Phi) is 6.29. The largest absolute Gasteiger partial charge is 0.468 e. The molecule has 1 saturated carbocycles. The highest BCUT2D eigenvalue weighted by atomic mass is 16.7. The van der Waals surface area contributed by atoms with Gasteiger partial charge in [-0.1, -0.05) is 19.3 Å².